The van der Waals surface area contributed by atoms with Crippen molar-refractivity contribution in [3.63, 3.8) is 0 Å². The molecule has 3 nitrogen and oxygen atoms in total. The van der Waals surface area contributed by atoms with Crippen LogP contribution in [0.5, 0.6) is 11.5 Å². The van der Waals surface area contributed by atoms with E-state index in [1.165, 1.54) is 5.56 Å². The molecular formula is C20H27NO2. The van der Waals surface area contributed by atoms with Crippen molar-refractivity contribution < 1.29 is 9.47 Å². The summed E-state index contributed by atoms with van der Waals surface area (Å²) >= 11 is 0. The van der Waals surface area contributed by atoms with E-state index in [2.05, 4.69) is 43.4 Å². The molecule has 2 rings (SSSR count). The van der Waals surface area contributed by atoms with Gasteiger partial charge in [0, 0.05) is 12.6 Å². The fourth-order valence-electron chi connectivity index (χ4n) is 2.22. The van der Waals surface area contributed by atoms with Crippen molar-refractivity contribution in [2.45, 2.75) is 46.4 Å². The molecule has 0 amide bonds. The van der Waals surface area contributed by atoms with E-state index in [0.29, 0.717) is 19.3 Å². The minimum absolute atomic E-state index is 0.513. The molecule has 1 unspecified atom stereocenters. The zero-order valence-corrected chi connectivity index (χ0v) is 14.3. The van der Waals surface area contributed by atoms with Crippen LogP contribution in [0.2, 0.25) is 0 Å². The van der Waals surface area contributed by atoms with E-state index < -0.39 is 0 Å². The lowest BCUT2D eigenvalue weighted by atomic mass is 10.1. The molecule has 3 heteroatoms. The van der Waals surface area contributed by atoms with Crippen molar-refractivity contribution in [2.24, 2.45) is 0 Å². The normalized spacial score (nSPS) is 12.0. The summed E-state index contributed by atoms with van der Waals surface area (Å²) in [4.78, 5) is 0. The second-order valence-electron chi connectivity index (χ2n) is 5.68. The van der Waals surface area contributed by atoms with Crippen LogP contribution in [0.1, 0.15) is 38.3 Å². The van der Waals surface area contributed by atoms with Gasteiger partial charge in [0.2, 0.25) is 0 Å². The van der Waals surface area contributed by atoms with Gasteiger partial charge in [-0.3, -0.25) is 0 Å². The lowest BCUT2D eigenvalue weighted by Gasteiger charge is -2.15. The molecule has 0 aliphatic heterocycles. The third kappa shape index (κ3) is 5.61. The molecule has 0 fully saturated rings. The van der Waals surface area contributed by atoms with Gasteiger partial charge in [-0.1, -0.05) is 43.3 Å². The van der Waals surface area contributed by atoms with Gasteiger partial charge in [0.1, 0.15) is 6.61 Å². The third-order valence-corrected chi connectivity index (χ3v) is 3.81. The highest BCUT2D eigenvalue weighted by molar-refractivity contribution is 5.43. The maximum Gasteiger partial charge on any atom is 0.161 e. The fraction of sp³-hybridized carbons (Fsp3) is 0.400. The van der Waals surface area contributed by atoms with Gasteiger partial charge in [-0.25, -0.2) is 0 Å². The Morgan fingerprint density at radius 3 is 2.39 bits per heavy atom. The summed E-state index contributed by atoms with van der Waals surface area (Å²) in [6, 6.07) is 16.8. The quantitative estimate of drug-likeness (QED) is 0.736. The van der Waals surface area contributed by atoms with E-state index in [-0.39, 0.29) is 0 Å². The van der Waals surface area contributed by atoms with E-state index in [1.807, 2.05) is 31.2 Å². The first-order valence-corrected chi connectivity index (χ1v) is 8.38. The summed E-state index contributed by atoms with van der Waals surface area (Å²) in [6.45, 7) is 8.39. The summed E-state index contributed by atoms with van der Waals surface area (Å²) in [5.74, 6) is 1.61. The highest BCUT2D eigenvalue weighted by Crippen LogP contribution is 2.29. The van der Waals surface area contributed by atoms with E-state index in [1.54, 1.807) is 0 Å². The molecule has 0 aliphatic rings. The molecule has 1 N–H and O–H groups in total. The zero-order valence-electron chi connectivity index (χ0n) is 14.3. The maximum absolute atomic E-state index is 5.93. The Kier molecular flexibility index (Phi) is 6.95. The molecule has 0 aliphatic carbocycles. The highest BCUT2D eigenvalue weighted by atomic mass is 16.5. The van der Waals surface area contributed by atoms with Crippen LogP contribution in [0.25, 0.3) is 0 Å². The van der Waals surface area contributed by atoms with E-state index in [9.17, 15) is 0 Å². The monoisotopic (exact) mass is 313 g/mol. The van der Waals surface area contributed by atoms with Gasteiger partial charge in [-0.2, -0.15) is 0 Å². The van der Waals surface area contributed by atoms with Crippen LogP contribution in [-0.2, 0) is 13.2 Å². The predicted molar refractivity (Wildman–Crippen MR) is 95.0 cm³/mol. The number of ether oxygens (including phenoxy) is 2. The highest BCUT2D eigenvalue weighted by Gasteiger charge is 2.08. The fourth-order valence-corrected chi connectivity index (χ4v) is 2.22. The van der Waals surface area contributed by atoms with E-state index in [0.717, 1.165) is 30.0 Å². The number of hydrogen-bond acceptors (Lipinski definition) is 3. The number of hydrogen-bond donors (Lipinski definition) is 1. The lowest BCUT2D eigenvalue weighted by molar-refractivity contribution is 0.269. The molecule has 0 spiro atoms. The molecule has 23 heavy (non-hydrogen) atoms. The molecule has 2 aromatic carbocycles. The minimum Gasteiger partial charge on any atom is -0.490 e. The summed E-state index contributed by atoms with van der Waals surface area (Å²) < 4.78 is 11.7. The van der Waals surface area contributed by atoms with Crippen molar-refractivity contribution in [3.05, 3.63) is 59.7 Å². The van der Waals surface area contributed by atoms with Crippen molar-refractivity contribution in [1.82, 2.24) is 5.32 Å². The van der Waals surface area contributed by atoms with Crippen LogP contribution in [-0.4, -0.2) is 12.6 Å². The van der Waals surface area contributed by atoms with Crippen LogP contribution in [0.3, 0.4) is 0 Å². The summed E-state index contributed by atoms with van der Waals surface area (Å²) in [5, 5.41) is 3.50. The smallest absolute Gasteiger partial charge is 0.161 e. The Bertz CT molecular complexity index is 583. The molecule has 0 bridgehead atoms. The molecule has 0 radical (unpaired) electrons. The Morgan fingerprint density at radius 2 is 1.70 bits per heavy atom. The molecule has 0 heterocycles. The van der Waals surface area contributed by atoms with Gasteiger partial charge in [0.05, 0.1) is 6.61 Å². The summed E-state index contributed by atoms with van der Waals surface area (Å²) in [7, 11) is 0. The van der Waals surface area contributed by atoms with Crippen LogP contribution < -0.4 is 14.8 Å². The topological polar surface area (TPSA) is 30.5 Å². The number of nitrogens with one attached hydrogen (secondary N) is 1. The first-order chi connectivity index (χ1) is 11.2. The zero-order chi connectivity index (χ0) is 16.5. The molecule has 1 atom stereocenters. The van der Waals surface area contributed by atoms with Crippen molar-refractivity contribution >= 4 is 0 Å². The van der Waals surface area contributed by atoms with Crippen LogP contribution >= 0.6 is 0 Å². The maximum atomic E-state index is 5.93. The van der Waals surface area contributed by atoms with Gasteiger partial charge < -0.3 is 14.8 Å². The second kappa shape index (κ2) is 9.21. The number of rotatable bonds is 9. The van der Waals surface area contributed by atoms with Crippen LogP contribution in [0.15, 0.2) is 48.5 Å². The summed E-state index contributed by atoms with van der Waals surface area (Å²) in [6.07, 6.45) is 1.12. The molecule has 124 valence electrons. The largest absolute Gasteiger partial charge is 0.490 e. The lowest BCUT2D eigenvalue weighted by Crippen LogP contribution is -2.24. The van der Waals surface area contributed by atoms with Gasteiger partial charge in [-0.05, 0) is 43.5 Å². The Hall–Kier alpha value is -2.00. The minimum atomic E-state index is 0.513. The van der Waals surface area contributed by atoms with Gasteiger partial charge >= 0.3 is 0 Å². The molecular weight excluding hydrogens is 286 g/mol. The Morgan fingerprint density at radius 1 is 0.913 bits per heavy atom. The van der Waals surface area contributed by atoms with Crippen molar-refractivity contribution in [1.29, 1.82) is 0 Å². The Labute approximate surface area is 139 Å². The average Bonchev–Trinajstić information content (AvgIpc) is 2.60. The molecule has 2 aromatic rings. The van der Waals surface area contributed by atoms with Gasteiger partial charge in [0.15, 0.2) is 11.5 Å². The third-order valence-electron chi connectivity index (χ3n) is 3.81. The van der Waals surface area contributed by atoms with Crippen LogP contribution in [0, 0.1) is 0 Å². The number of benzene rings is 2. The van der Waals surface area contributed by atoms with E-state index >= 15 is 0 Å². The standard InChI is InChI=1S/C20H27NO2/c1-4-16(3)21-14-18-11-12-19(20(13-18)22-5-2)23-15-17-9-7-6-8-10-17/h6-13,16,21H,4-5,14-15H2,1-3H3. The van der Waals surface area contributed by atoms with Crippen LogP contribution in [0.4, 0.5) is 0 Å². The molecule has 0 aromatic heterocycles. The van der Waals surface area contributed by atoms with Gasteiger partial charge in [0.25, 0.3) is 0 Å². The second-order valence-corrected chi connectivity index (χ2v) is 5.68. The molecule has 0 saturated heterocycles. The van der Waals surface area contributed by atoms with E-state index in [4.69, 9.17) is 9.47 Å². The Balaban J connectivity index is 2.03. The summed E-state index contributed by atoms with van der Waals surface area (Å²) in [5.41, 5.74) is 2.36. The molecule has 0 saturated carbocycles. The first-order valence-electron chi connectivity index (χ1n) is 8.38. The average molecular weight is 313 g/mol. The predicted octanol–water partition coefficient (Wildman–Crippen LogP) is 4.55. The van der Waals surface area contributed by atoms with Gasteiger partial charge in [-0.15, -0.1) is 0 Å². The SMILES string of the molecule is CCOc1cc(CNC(C)CC)ccc1OCc1ccccc1. The first kappa shape index (κ1) is 17.4. The van der Waals surface area contributed by atoms with Crippen molar-refractivity contribution in [3.8, 4) is 11.5 Å². The van der Waals surface area contributed by atoms with Crippen molar-refractivity contribution in [2.75, 3.05) is 6.61 Å².